The predicted molar refractivity (Wildman–Crippen MR) is 70.3 cm³/mol. The Labute approximate surface area is 107 Å². The molecule has 5 nitrogen and oxygen atoms in total. The van der Waals surface area contributed by atoms with Gasteiger partial charge < -0.3 is 9.67 Å². The Morgan fingerprint density at radius 2 is 2.28 bits per heavy atom. The lowest BCUT2D eigenvalue weighted by molar-refractivity contribution is 0.0697. The van der Waals surface area contributed by atoms with Crippen LogP contribution in [0.4, 0.5) is 0 Å². The quantitative estimate of drug-likeness (QED) is 0.913. The molecule has 0 saturated heterocycles. The van der Waals surface area contributed by atoms with Crippen LogP contribution in [0, 0.1) is 0 Å². The van der Waals surface area contributed by atoms with Crippen LogP contribution in [0.1, 0.15) is 23.3 Å². The van der Waals surface area contributed by atoms with Gasteiger partial charge in [0, 0.05) is 28.9 Å². The van der Waals surface area contributed by atoms with Crippen LogP contribution in [-0.4, -0.2) is 36.8 Å². The number of carboxylic acids is 1. The number of aromatic nitrogens is 2. The molecule has 2 unspecified atom stereocenters. The van der Waals surface area contributed by atoms with E-state index in [-0.39, 0.29) is 11.6 Å². The summed E-state index contributed by atoms with van der Waals surface area (Å²) in [6.07, 6.45) is 3.31. The van der Waals surface area contributed by atoms with E-state index in [0.29, 0.717) is 5.75 Å². The molecule has 1 N–H and O–H groups in total. The van der Waals surface area contributed by atoms with Crippen LogP contribution in [0.2, 0.25) is 0 Å². The molecule has 2 rings (SSSR count). The zero-order valence-corrected chi connectivity index (χ0v) is 11.0. The van der Waals surface area contributed by atoms with Crippen molar-refractivity contribution in [1.82, 2.24) is 9.55 Å². The van der Waals surface area contributed by atoms with Gasteiger partial charge in [-0.25, -0.2) is 9.78 Å². The van der Waals surface area contributed by atoms with Crippen LogP contribution in [0.25, 0.3) is 11.0 Å². The Morgan fingerprint density at radius 3 is 2.89 bits per heavy atom. The summed E-state index contributed by atoms with van der Waals surface area (Å²) in [4.78, 5) is 15.2. The average Bonchev–Trinajstić information content (AvgIpc) is 2.70. The summed E-state index contributed by atoms with van der Waals surface area (Å²) in [5.41, 5.74) is 1.73. The molecule has 0 aliphatic carbocycles. The molecule has 6 heteroatoms. The Hall–Kier alpha value is -1.69. The monoisotopic (exact) mass is 266 g/mol. The second kappa shape index (κ2) is 4.89. The molecule has 0 amide bonds. The standard InChI is InChI=1S/C12H14N2O3S/c1-8(6-18(2)17)14-7-13-10-4-3-9(12(15)16)5-11(10)14/h3-5,7-8H,6H2,1-2H3,(H,15,16). The number of hydrogen-bond acceptors (Lipinski definition) is 3. The molecule has 96 valence electrons. The fourth-order valence-corrected chi connectivity index (χ4v) is 2.77. The zero-order valence-electron chi connectivity index (χ0n) is 10.2. The predicted octanol–water partition coefficient (Wildman–Crippen LogP) is 1.67. The largest absolute Gasteiger partial charge is 0.478 e. The maximum absolute atomic E-state index is 11.2. The zero-order chi connectivity index (χ0) is 13.3. The molecule has 18 heavy (non-hydrogen) atoms. The first-order chi connectivity index (χ1) is 8.49. The summed E-state index contributed by atoms with van der Waals surface area (Å²) in [6.45, 7) is 1.94. The number of aromatic carboxylic acids is 1. The van der Waals surface area contributed by atoms with Crippen molar-refractivity contribution in [2.45, 2.75) is 13.0 Å². The number of benzene rings is 1. The van der Waals surface area contributed by atoms with E-state index >= 15 is 0 Å². The molecule has 2 atom stereocenters. The molecular formula is C12H14N2O3S. The van der Waals surface area contributed by atoms with Gasteiger partial charge in [-0.05, 0) is 25.1 Å². The van der Waals surface area contributed by atoms with Gasteiger partial charge in [0.05, 0.1) is 22.9 Å². The molecule has 0 saturated carbocycles. The van der Waals surface area contributed by atoms with Gasteiger partial charge >= 0.3 is 5.97 Å². The number of fused-ring (bicyclic) bond motifs is 1. The third-order valence-electron chi connectivity index (χ3n) is 2.77. The summed E-state index contributed by atoms with van der Waals surface area (Å²) < 4.78 is 13.1. The molecular weight excluding hydrogens is 252 g/mol. The van der Waals surface area contributed by atoms with Crippen LogP contribution < -0.4 is 0 Å². The van der Waals surface area contributed by atoms with Crippen molar-refractivity contribution >= 4 is 27.8 Å². The smallest absolute Gasteiger partial charge is 0.335 e. The van der Waals surface area contributed by atoms with Crippen LogP contribution >= 0.6 is 0 Å². The van der Waals surface area contributed by atoms with E-state index in [1.165, 1.54) is 6.07 Å². The summed E-state index contributed by atoms with van der Waals surface area (Å²) in [5, 5.41) is 8.98. The molecule has 0 aliphatic heterocycles. The fourth-order valence-electron chi connectivity index (χ4n) is 1.93. The van der Waals surface area contributed by atoms with Crippen LogP contribution in [0.5, 0.6) is 0 Å². The van der Waals surface area contributed by atoms with E-state index in [4.69, 9.17) is 5.11 Å². The molecule has 0 radical (unpaired) electrons. The Morgan fingerprint density at radius 1 is 1.56 bits per heavy atom. The third kappa shape index (κ3) is 2.43. The lowest BCUT2D eigenvalue weighted by Crippen LogP contribution is -2.12. The molecule has 0 aliphatic rings. The van der Waals surface area contributed by atoms with Crippen molar-refractivity contribution in [1.29, 1.82) is 0 Å². The minimum Gasteiger partial charge on any atom is -0.478 e. The van der Waals surface area contributed by atoms with E-state index in [1.807, 2.05) is 11.5 Å². The molecule has 0 spiro atoms. The van der Waals surface area contributed by atoms with Crippen LogP contribution in [-0.2, 0) is 10.8 Å². The van der Waals surface area contributed by atoms with Crippen molar-refractivity contribution in [2.24, 2.45) is 0 Å². The average molecular weight is 266 g/mol. The topological polar surface area (TPSA) is 72.2 Å². The van der Waals surface area contributed by atoms with E-state index in [0.717, 1.165) is 11.0 Å². The molecule has 1 heterocycles. The van der Waals surface area contributed by atoms with Gasteiger partial charge in [0.2, 0.25) is 0 Å². The minimum atomic E-state index is -0.962. The highest BCUT2D eigenvalue weighted by Crippen LogP contribution is 2.19. The van der Waals surface area contributed by atoms with E-state index < -0.39 is 16.8 Å². The summed E-state index contributed by atoms with van der Waals surface area (Å²) in [6, 6.07) is 4.83. The van der Waals surface area contributed by atoms with E-state index in [2.05, 4.69) is 4.98 Å². The Balaban J connectivity index is 2.48. The summed E-state index contributed by atoms with van der Waals surface area (Å²) in [5.74, 6) is -0.445. The molecule has 1 aromatic heterocycles. The molecule has 0 fully saturated rings. The van der Waals surface area contributed by atoms with Crippen molar-refractivity contribution < 1.29 is 14.1 Å². The lowest BCUT2D eigenvalue weighted by atomic mass is 10.2. The van der Waals surface area contributed by atoms with E-state index in [9.17, 15) is 9.00 Å². The van der Waals surface area contributed by atoms with Gasteiger partial charge in [0.25, 0.3) is 0 Å². The van der Waals surface area contributed by atoms with Crippen molar-refractivity contribution in [3.05, 3.63) is 30.1 Å². The Kier molecular flexibility index (Phi) is 3.47. The third-order valence-corrected chi connectivity index (χ3v) is 3.72. The summed E-state index contributed by atoms with van der Waals surface area (Å²) >= 11 is 0. The van der Waals surface area contributed by atoms with Crippen molar-refractivity contribution in [3.63, 3.8) is 0 Å². The minimum absolute atomic E-state index is 0.0184. The first kappa shape index (κ1) is 12.8. The van der Waals surface area contributed by atoms with E-state index in [1.54, 1.807) is 24.7 Å². The Bertz CT molecular complexity index is 621. The van der Waals surface area contributed by atoms with Crippen molar-refractivity contribution in [2.75, 3.05) is 12.0 Å². The van der Waals surface area contributed by atoms with Gasteiger partial charge in [-0.15, -0.1) is 0 Å². The van der Waals surface area contributed by atoms with Gasteiger partial charge in [-0.2, -0.15) is 0 Å². The molecule has 2 aromatic rings. The highest BCUT2D eigenvalue weighted by Gasteiger charge is 2.12. The number of rotatable bonds is 4. The molecule has 0 bridgehead atoms. The number of hydrogen-bond donors (Lipinski definition) is 1. The maximum atomic E-state index is 11.2. The second-order valence-electron chi connectivity index (χ2n) is 4.25. The highest BCUT2D eigenvalue weighted by atomic mass is 32.2. The first-order valence-electron chi connectivity index (χ1n) is 5.49. The second-order valence-corrected chi connectivity index (χ2v) is 5.73. The van der Waals surface area contributed by atoms with Gasteiger partial charge in [-0.1, -0.05) is 0 Å². The SMILES string of the molecule is CC(CS(C)=O)n1cnc2ccc(C(=O)O)cc21. The van der Waals surface area contributed by atoms with Gasteiger partial charge in [0.1, 0.15) is 0 Å². The highest BCUT2D eigenvalue weighted by molar-refractivity contribution is 7.84. The van der Waals surface area contributed by atoms with Crippen LogP contribution in [0.15, 0.2) is 24.5 Å². The van der Waals surface area contributed by atoms with Gasteiger partial charge in [0.15, 0.2) is 0 Å². The number of carbonyl (C=O) groups is 1. The van der Waals surface area contributed by atoms with Crippen molar-refractivity contribution in [3.8, 4) is 0 Å². The number of nitrogens with zero attached hydrogens (tertiary/aromatic N) is 2. The fraction of sp³-hybridized carbons (Fsp3) is 0.333. The number of carboxylic acid groups (broad SMARTS) is 1. The number of imidazole rings is 1. The summed E-state index contributed by atoms with van der Waals surface area (Å²) in [7, 11) is -0.902. The van der Waals surface area contributed by atoms with Crippen LogP contribution in [0.3, 0.4) is 0 Å². The maximum Gasteiger partial charge on any atom is 0.335 e. The molecule has 1 aromatic carbocycles. The lowest BCUT2D eigenvalue weighted by Gasteiger charge is -2.12. The first-order valence-corrected chi connectivity index (χ1v) is 7.21. The normalized spacial score (nSPS) is 14.6. The van der Waals surface area contributed by atoms with Gasteiger partial charge in [-0.3, -0.25) is 4.21 Å².